The molecule has 2 heteroatoms. The van der Waals surface area contributed by atoms with E-state index in [0.717, 1.165) is 18.7 Å². The summed E-state index contributed by atoms with van der Waals surface area (Å²) in [5.74, 6) is 1.54. The lowest BCUT2D eigenvalue weighted by Gasteiger charge is -2.21. The fourth-order valence-electron chi connectivity index (χ4n) is 1.90. The standard InChI is InChI=1S/C15H25NO/c1-6-13(10-16-5)17-15-9-12(4)7-8-14(15)11(2)3/h7-9,11,13,16H,6,10H2,1-5H3. The van der Waals surface area contributed by atoms with Gasteiger partial charge in [0.2, 0.25) is 0 Å². The molecule has 2 nitrogen and oxygen atoms in total. The Morgan fingerprint density at radius 1 is 1.29 bits per heavy atom. The quantitative estimate of drug-likeness (QED) is 0.815. The van der Waals surface area contributed by atoms with Gasteiger partial charge in [0.25, 0.3) is 0 Å². The van der Waals surface area contributed by atoms with Crippen molar-refractivity contribution >= 4 is 0 Å². The summed E-state index contributed by atoms with van der Waals surface area (Å²) in [5.41, 5.74) is 2.55. The van der Waals surface area contributed by atoms with Gasteiger partial charge < -0.3 is 10.1 Å². The SMILES string of the molecule is CCC(CNC)Oc1cc(C)ccc1C(C)C. The van der Waals surface area contributed by atoms with Gasteiger partial charge in [-0.1, -0.05) is 32.9 Å². The molecule has 17 heavy (non-hydrogen) atoms. The molecule has 0 fully saturated rings. The number of likely N-dealkylation sites (N-methyl/N-ethyl adjacent to an activating group) is 1. The van der Waals surface area contributed by atoms with Crippen molar-refractivity contribution in [1.82, 2.24) is 5.32 Å². The van der Waals surface area contributed by atoms with E-state index < -0.39 is 0 Å². The van der Waals surface area contributed by atoms with Crippen molar-refractivity contribution in [2.24, 2.45) is 0 Å². The van der Waals surface area contributed by atoms with Gasteiger partial charge in [0, 0.05) is 6.54 Å². The van der Waals surface area contributed by atoms with Crippen LogP contribution in [0.4, 0.5) is 0 Å². The maximum absolute atomic E-state index is 6.11. The molecule has 0 aliphatic carbocycles. The van der Waals surface area contributed by atoms with Crippen LogP contribution in [0.1, 0.15) is 44.2 Å². The molecule has 1 aromatic rings. The predicted molar refractivity (Wildman–Crippen MR) is 73.9 cm³/mol. The molecule has 0 spiro atoms. The van der Waals surface area contributed by atoms with Crippen LogP contribution in [0.5, 0.6) is 5.75 Å². The van der Waals surface area contributed by atoms with Gasteiger partial charge in [0.05, 0.1) is 0 Å². The van der Waals surface area contributed by atoms with Crippen molar-refractivity contribution in [3.63, 3.8) is 0 Å². The van der Waals surface area contributed by atoms with Gasteiger partial charge in [-0.15, -0.1) is 0 Å². The number of hydrogen-bond acceptors (Lipinski definition) is 2. The Morgan fingerprint density at radius 3 is 2.53 bits per heavy atom. The fraction of sp³-hybridized carbons (Fsp3) is 0.600. The minimum atomic E-state index is 0.249. The molecule has 1 N–H and O–H groups in total. The summed E-state index contributed by atoms with van der Waals surface area (Å²) in [5, 5.41) is 3.18. The molecule has 0 heterocycles. The van der Waals surface area contributed by atoms with Crippen LogP contribution in [0.15, 0.2) is 18.2 Å². The van der Waals surface area contributed by atoms with Crippen LogP contribution >= 0.6 is 0 Å². The molecule has 0 bridgehead atoms. The Labute approximate surface area is 105 Å². The van der Waals surface area contributed by atoms with Crippen molar-refractivity contribution in [3.05, 3.63) is 29.3 Å². The summed E-state index contributed by atoms with van der Waals surface area (Å²) in [4.78, 5) is 0. The third kappa shape index (κ3) is 4.04. The van der Waals surface area contributed by atoms with E-state index in [0.29, 0.717) is 5.92 Å². The highest BCUT2D eigenvalue weighted by Gasteiger charge is 2.12. The van der Waals surface area contributed by atoms with E-state index in [1.807, 2.05) is 7.05 Å². The number of aryl methyl sites for hydroxylation is 1. The molecule has 0 amide bonds. The molecule has 1 unspecified atom stereocenters. The predicted octanol–water partition coefficient (Wildman–Crippen LogP) is 3.50. The van der Waals surface area contributed by atoms with Gasteiger partial charge in [-0.05, 0) is 43.5 Å². The van der Waals surface area contributed by atoms with Gasteiger partial charge >= 0.3 is 0 Å². The van der Waals surface area contributed by atoms with Gasteiger partial charge in [0.15, 0.2) is 0 Å². The third-order valence-electron chi connectivity index (χ3n) is 2.97. The zero-order chi connectivity index (χ0) is 12.8. The largest absolute Gasteiger partial charge is 0.489 e. The maximum Gasteiger partial charge on any atom is 0.123 e. The zero-order valence-corrected chi connectivity index (χ0v) is 11.7. The second-order valence-electron chi connectivity index (χ2n) is 4.90. The molecule has 0 aliphatic rings. The minimum absolute atomic E-state index is 0.249. The van der Waals surface area contributed by atoms with Crippen LogP contribution in [0, 0.1) is 6.92 Å². The lowest BCUT2D eigenvalue weighted by Crippen LogP contribution is -2.28. The molecule has 96 valence electrons. The summed E-state index contributed by atoms with van der Waals surface area (Å²) in [7, 11) is 1.96. The van der Waals surface area contributed by atoms with E-state index in [1.165, 1.54) is 11.1 Å². The van der Waals surface area contributed by atoms with Crippen molar-refractivity contribution in [2.75, 3.05) is 13.6 Å². The summed E-state index contributed by atoms with van der Waals surface area (Å²) in [6.07, 6.45) is 1.27. The smallest absolute Gasteiger partial charge is 0.123 e. The number of rotatable bonds is 6. The number of nitrogens with one attached hydrogen (secondary N) is 1. The lowest BCUT2D eigenvalue weighted by molar-refractivity contribution is 0.194. The van der Waals surface area contributed by atoms with E-state index in [-0.39, 0.29) is 6.10 Å². The van der Waals surface area contributed by atoms with Gasteiger partial charge in [-0.2, -0.15) is 0 Å². The van der Waals surface area contributed by atoms with Crippen LogP contribution in [-0.2, 0) is 0 Å². The van der Waals surface area contributed by atoms with Gasteiger partial charge in [0.1, 0.15) is 11.9 Å². The first-order valence-electron chi connectivity index (χ1n) is 6.50. The first-order chi connectivity index (χ1) is 8.08. The van der Waals surface area contributed by atoms with Gasteiger partial charge in [-0.3, -0.25) is 0 Å². The summed E-state index contributed by atoms with van der Waals surface area (Å²) < 4.78 is 6.11. The average Bonchev–Trinajstić information content (AvgIpc) is 2.28. The van der Waals surface area contributed by atoms with Crippen molar-refractivity contribution in [3.8, 4) is 5.75 Å². The molecule has 1 atom stereocenters. The Balaban J connectivity index is 2.90. The monoisotopic (exact) mass is 235 g/mol. The summed E-state index contributed by atoms with van der Waals surface area (Å²) in [6, 6.07) is 6.48. The number of benzene rings is 1. The molecular weight excluding hydrogens is 210 g/mol. The van der Waals surface area contributed by atoms with E-state index >= 15 is 0 Å². The highest BCUT2D eigenvalue weighted by atomic mass is 16.5. The summed E-state index contributed by atoms with van der Waals surface area (Å²) in [6.45, 7) is 9.57. The molecule has 0 aromatic heterocycles. The first-order valence-corrected chi connectivity index (χ1v) is 6.50. The highest BCUT2D eigenvalue weighted by molar-refractivity contribution is 5.39. The Kier molecular flexibility index (Phi) is 5.49. The van der Waals surface area contributed by atoms with Crippen LogP contribution in [0.3, 0.4) is 0 Å². The first kappa shape index (κ1) is 14.0. The number of ether oxygens (including phenoxy) is 1. The topological polar surface area (TPSA) is 21.3 Å². The highest BCUT2D eigenvalue weighted by Crippen LogP contribution is 2.28. The number of hydrogen-bond donors (Lipinski definition) is 1. The van der Waals surface area contributed by atoms with Crippen molar-refractivity contribution in [1.29, 1.82) is 0 Å². The average molecular weight is 235 g/mol. The van der Waals surface area contributed by atoms with Crippen LogP contribution in [0.25, 0.3) is 0 Å². The van der Waals surface area contributed by atoms with Crippen LogP contribution in [-0.4, -0.2) is 19.7 Å². The zero-order valence-electron chi connectivity index (χ0n) is 11.7. The lowest BCUT2D eigenvalue weighted by atomic mass is 10.0. The molecule has 0 saturated carbocycles. The van der Waals surface area contributed by atoms with E-state index in [9.17, 15) is 0 Å². The minimum Gasteiger partial charge on any atom is -0.489 e. The second kappa shape index (κ2) is 6.65. The Hall–Kier alpha value is -1.02. The van der Waals surface area contributed by atoms with E-state index in [2.05, 4.69) is 51.2 Å². The van der Waals surface area contributed by atoms with E-state index in [4.69, 9.17) is 4.74 Å². The fourth-order valence-corrected chi connectivity index (χ4v) is 1.90. The Morgan fingerprint density at radius 2 is 2.00 bits per heavy atom. The van der Waals surface area contributed by atoms with E-state index in [1.54, 1.807) is 0 Å². The third-order valence-corrected chi connectivity index (χ3v) is 2.97. The molecule has 0 aliphatic heterocycles. The molecule has 0 radical (unpaired) electrons. The molecular formula is C15H25NO. The Bertz CT molecular complexity index is 347. The molecule has 1 rings (SSSR count). The second-order valence-corrected chi connectivity index (χ2v) is 4.90. The normalized spacial score (nSPS) is 12.8. The van der Waals surface area contributed by atoms with Crippen LogP contribution in [0.2, 0.25) is 0 Å². The molecule has 1 aromatic carbocycles. The van der Waals surface area contributed by atoms with Crippen LogP contribution < -0.4 is 10.1 Å². The van der Waals surface area contributed by atoms with Crippen molar-refractivity contribution < 1.29 is 4.74 Å². The van der Waals surface area contributed by atoms with Crippen molar-refractivity contribution in [2.45, 2.75) is 46.1 Å². The maximum atomic E-state index is 6.11. The molecule has 0 saturated heterocycles. The summed E-state index contributed by atoms with van der Waals surface area (Å²) >= 11 is 0. The van der Waals surface area contributed by atoms with Gasteiger partial charge in [-0.25, -0.2) is 0 Å².